The van der Waals surface area contributed by atoms with E-state index in [1.807, 2.05) is 6.92 Å². The van der Waals surface area contributed by atoms with Gasteiger partial charge in [0.1, 0.15) is 6.54 Å². The number of aryl methyl sites for hydroxylation is 1. The van der Waals surface area contributed by atoms with Gasteiger partial charge in [0.25, 0.3) is 0 Å². The lowest BCUT2D eigenvalue weighted by Crippen LogP contribution is -2.19. The van der Waals surface area contributed by atoms with Gasteiger partial charge in [-0.25, -0.2) is 0 Å². The van der Waals surface area contributed by atoms with Gasteiger partial charge >= 0.3 is 0 Å². The van der Waals surface area contributed by atoms with E-state index in [0.717, 1.165) is 11.3 Å². The molecule has 0 saturated heterocycles. The fourth-order valence-corrected chi connectivity index (χ4v) is 1.80. The van der Waals surface area contributed by atoms with Gasteiger partial charge in [-0.05, 0) is 30.7 Å². The molecule has 18 heavy (non-hydrogen) atoms. The molecular weight excluding hydrogens is 252 g/mol. The summed E-state index contributed by atoms with van der Waals surface area (Å²) in [6.45, 7) is 2.01. The number of aromatic nitrogens is 2. The fraction of sp³-hybridized carbons (Fsp3) is 0.167. The van der Waals surface area contributed by atoms with Gasteiger partial charge in [-0.2, -0.15) is 5.10 Å². The molecule has 1 aromatic carbocycles. The number of rotatable bonds is 3. The average Bonchev–Trinajstić information content (AvgIpc) is 2.68. The van der Waals surface area contributed by atoms with Gasteiger partial charge in [-0.1, -0.05) is 11.6 Å². The smallest absolute Gasteiger partial charge is 0.246 e. The zero-order chi connectivity index (χ0) is 13.1. The van der Waals surface area contributed by atoms with Crippen molar-refractivity contribution < 1.29 is 4.79 Å². The summed E-state index contributed by atoms with van der Waals surface area (Å²) in [5, 5.41) is 7.38. The van der Waals surface area contributed by atoms with E-state index in [-0.39, 0.29) is 12.5 Å². The summed E-state index contributed by atoms with van der Waals surface area (Å²) in [5.41, 5.74) is 7.70. The van der Waals surface area contributed by atoms with Crippen molar-refractivity contribution in [1.82, 2.24) is 9.78 Å². The predicted molar refractivity (Wildman–Crippen MR) is 71.5 cm³/mol. The molecule has 6 heteroatoms. The van der Waals surface area contributed by atoms with Gasteiger partial charge in [-0.3, -0.25) is 9.48 Å². The summed E-state index contributed by atoms with van der Waals surface area (Å²) < 4.78 is 1.48. The first kappa shape index (κ1) is 12.4. The third-order valence-electron chi connectivity index (χ3n) is 2.42. The monoisotopic (exact) mass is 264 g/mol. The van der Waals surface area contributed by atoms with Crippen LogP contribution in [-0.2, 0) is 11.3 Å². The van der Waals surface area contributed by atoms with Crippen LogP contribution in [0.5, 0.6) is 0 Å². The van der Waals surface area contributed by atoms with E-state index in [1.165, 1.54) is 10.9 Å². The first-order chi connectivity index (χ1) is 8.54. The number of benzene rings is 1. The number of nitrogen functional groups attached to an aromatic ring is 1. The van der Waals surface area contributed by atoms with Gasteiger partial charge in [0.05, 0.1) is 11.9 Å². The molecule has 2 aromatic rings. The van der Waals surface area contributed by atoms with E-state index in [9.17, 15) is 4.79 Å². The molecule has 0 radical (unpaired) electrons. The first-order valence-electron chi connectivity index (χ1n) is 5.38. The number of nitrogens with two attached hydrogens (primary N) is 1. The SMILES string of the molecule is Cc1cc(Cl)ccc1NC(=O)Cn1cc(N)cn1. The summed E-state index contributed by atoms with van der Waals surface area (Å²) in [7, 11) is 0. The normalized spacial score (nSPS) is 10.3. The maximum atomic E-state index is 11.8. The minimum atomic E-state index is -0.163. The maximum absolute atomic E-state index is 11.8. The van der Waals surface area contributed by atoms with E-state index in [4.69, 9.17) is 17.3 Å². The van der Waals surface area contributed by atoms with E-state index >= 15 is 0 Å². The first-order valence-corrected chi connectivity index (χ1v) is 5.76. The summed E-state index contributed by atoms with van der Waals surface area (Å²) in [5.74, 6) is -0.163. The van der Waals surface area contributed by atoms with Crippen molar-refractivity contribution in [3.05, 3.63) is 41.2 Å². The van der Waals surface area contributed by atoms with E-state index < -0.39 is 0 Å². The van der Waals surface area contributed by atoms with Crippen LogP contribution in [-0.4, -0.2) is 15.7 Å². The summed E-state index contributed by atoms with van der Waals surface area (Å²) in [4.78, 5) is 11.8. The maximum Gasteiger partial charge on any atom is 0.246 e. The van der Waals surface area contributed by atoms with Crippen LogP contribution >= 0.6 is 11.6 Å². The van der Waals surface area contributed by atoms with Crippen LogP contribution in [0.3, 0.4) is 0 Å². The van der Waals surface area contributed by atoms with Crippen molar-refractivity contribution in [2.75, 3.05) is 11.1 Å². The lowest BCUT2D eigenvalue weighted by Gasteiger charge is -2.08. The number of halogens is 1. The highest BCUT2D eigenvalue weighted by Crippen LogP contribution is 2.19. The highest BCUT2D eigenvalue weighted by Gasteiger charge is 2.06. The Balaban J connectivity index is 2.03. The Morgan fingerprint density at radius 3 is 2.94 bits per heavy atom. The molecular formula is C12H13ClN4O. The number of hydrogen-bond donors (Lipinski definition) is 2. The number of carbonyl (C=O) groups excluding carboxylic acids is 1. The Morgan fingerprint density at radius 2 is 2.33 bits per heavy atom. The predicted octanol–water partition coefficient (Wildman–Crippen LogP) is 2.07. The second-order valence-electron chi connectivity index (χ2n) is 3.98. The van der Waals surface area contributed by atoms with Crippen molar-refractivity contribution in [3.63, 3.8) is 0 Å². The Kier molecular flexibility index (Phi) is 3.53. The lowest BCUT2D eigenvalue weighted by atomic mass is 10.2. The highest BCUT2D eigenvalue weighted by atomic mass is 35.5. The molecule has 0 spiro atoms. The summed E-state index contributed by atoms with van der Waals surface area (Å²) in [6.07, 6.45) is 3.11. The molecule has 0 aliphatic carbocycles. The van der Waals surface area contributed by atoms with Crippen LogP contribution in [0, 0.1) is 6.92 Å². The van der Waals surface area contributed by atoms with Crippen LogP contribution in [0.1, 0.15) is 5.56 Å². The molecule has 0 atom stereocenters. The number of nitrogens with zero attached hydrogens (tertiary/aromatic N) is 2. The average molecular weight is 265 g/mol. The fourth-order valence-electron chi connectivity index (χ4n) is 1.57. The Hall–Kier alpha value is -2.01. The van der Waals surface area contributed by atoms with Crippen molar-refractivity contribution in [3.8, 4) is 0 Å². The number of carbonyl (C=O) groups is 1. The highest BCUT2D eigenvalue weighted by molar-refractivity contribution is 6.30. The van der Waals surface area contributed by atoms with E-state index in [0.29, 0.717) is 10.7 Å². The van der Waals surface area contributed by atoms with Crippen LogP contribution < -0.4 is 11.1 Å². The van der Waals surface area contributed by atoms with Crippen molar-refractivity contribution in [1.29, 1.82) is 0 Å². The molecule has 1 amide bonds. The number of hydrogen-bond acceptors (Lipinski definition) is 3. The minimum absolute atomic E-state index is 0.124. The minimum Gasteiger partial charge on any atom is -0.396 e. The summed E-state index contributed by atoms with van der Waals surface area (Å²) >= 11 is 5.85. The standard InChI is InChI=1S/C12H13ClN4O/c1-8-4-9(13)2-3-11(8)16-12(18)7-17-6-10(14)5-15-17/h2-6H,7,14H2,1H3,(H,16,18). The van der Waals surface area contributed by atoms with E-state index in [1.54, 1.807) is 24.4 Å². The zero-order valence-electron chi connectivity index (χ0n) is 9.85. The molecule has 0 aliphatic rings. The largest absolute Gasteiger partial charge is 0.396 e. The molecule has 1 heterocycles. The van der Waals surface area contributed by atoms with Gasteiger partial charge in [0.2, 0.25) is 5.91 Å². The summed E-state index contributed by atoms with van der Waals surface area (Å²) in [6, 6.07) is 5.30. The Morgan fingerprint density at radius 1 is 1.56 bits per heavy atom. The molecule has 94 valence electrons. The third kappa shape index (κ3) is 3.01. The Labute approximate surface area is 110 Å². The van der Waals surface area contributed by atoms with Gasteiger partial charge < -0.3 is 11.1 Å². The van der Waals surface area contributed by atoms with Crippen LogP contribution in [0.2, 0.25) is 5.02 Å². The number of amides is 1. The molecule has 2 rings (SSSR count). The van der Waals surface area contributed by atoms with Gasteiger partial charge in [-0.15, -0.1) is 0 Å². The zero-order valence-corrected chi connectivity index (χ0v) is 10.6. The van der Waals surface area contributed by atoms with Crippen molar-refractivity contribution >= 4 is 28.9 Å². The van der Waals surface area contributed by atoms with Crippen molar-refractivity contribution in [2.24, 2.45) is 0 Å². The number of anilines is 2. The quantitative estimate of drug-likeness (QED) is 0.891. The molecule has 0 fully saturated rings. The van der Waals surface area contributed by atoms with Crippen LogP contribution in [0.15, 0.2) is 30.6 Å². The van der Waals surface area contributed by atoms with Crippen LogP contribution in [0.4, 0.5) is 11.4 Å². The second-order valence-corrected chi connectivity index (χ2v) is 4.42. The molecule has 0 saturated carbocycles. The molecule has 1 aromatic heterocycles. The lowest BCUT2D eigenvalue weighted by molar-refractivity contribution is -0.116. The van der Waals surface area contributed by atoms with E-state index in [2.05, 4.69) is 10.4 Å². The topological polar surface area (TPSA) is 72.9 Å². The molecule has 0 aliphatic heterocycles. The molecule has 0 unspecified atom stereocenters. The molecule has 3 N–H and O–H groups in total. The molecule has 5 nitrogen and oxygen atoms in total. The second kappa shape index (κ2) is 5.10. The van der Waals surface area contributed by atoms with Crippen molar-refractivity contribution in [2.45, 2.75) is 13.5 Å². The molecule has 0 bridgehead atoms. The Bertz CT molecular complexity index is 579. The van der Waals surface area contributed by atoms with Gasteiger partial charge in [0, 0.05) is 16.9 Å². The van der Waals surface area contributed by atoms with Crippen LogP contribution in [0.25, 0.3) is 0 Å². The van der Waals surface area contributed by atoms with Gasteiger partial charge in [0.15, 0.2) is 0 Å². The number of nitrogens with one attached hydrogen (secondary N) is 1. The third-order valence-corrected chi connectivity index (χ3v) is 2.66.